The van der Waals surface area contributed by atoms with Crippen LogP contribution in [0.2, 0.25) is 0 Å². The summed E-state index contributed by atoms with van der Waals surface area (Å²) >= 11 is 0. The topological polar surface area (TPSA) is 91.4 Å². The summed E-state index contributed by atoms with van der Waals surface area (Å²) in [6, 6.07) is 0.256. The Morgan fingerprint density at radius 1 is 1.12 bits per heavy atom. The molecule has 34 heavy (non-hydrogen) atoms. The van der Waals surface area contributed by atoms with Crippen molar-refractivity contribution in [2.45, 2.75) is 43.8 Å². The molecule has 1 saturated heterocycles. The van der Waals surface area contributed by atoms with Gasteiger partial charge in [0.1, 0.15) is 11.2 Å². The summed E-state index contributed by atoms with van der Waals surface area (Å²) in [5.41, 5.74) is -4.83. The van der Waals surface area contributed by atoms with E-state index in [1.165, 1.54) is 4.90 Å². The molecule has 2 aromatic heterocycles. The largest absolute Gasteiger partial charge is 0.438 e. The number of ether oxygens (including phenoxy) is 1. The molecule has 8 nitrogen and oxygen atoms in total. The van der Waals surface area contributed by atoms with Crippen LogP contribution in [-0.2, 0) is 22.7 Å². The van der Waals surface area contributed by atoms with E-state index in [9.17, 15) is 35.9 Å². The lowest BCUT2D eigenvalue weighted by molar-refractivity contribution is -0.139. The van der Waals surface area contributed by atoms with E-state index in [1.54, 1.807) is 11.8 Å². The number of aromatic nitrogens is 3. The predicted octanol–water partition coefficient (Wildman–Crippen LogP) is 3.54. The first-order chi connectivity index (χ1) is 15.8. The summed E-state index contributed by atoms with van der Waals surface area (Å²) in [4.78, 5) is 36.9. The van der Waals surface area contributed by atoms with Crippen LogP contribution in [0.5, 0.6) is 0 Å². The van der Waals surface area contributed by atoms with Crippen LogP contribution in [0.3, 0.4) is 0 Å². The zero-order valence-corrected chi connectivity index (χ0v) is 17.7. The second kappa shape index (κ2) is 8.17. The van der Waals surface area contributed by atoms with Crippen LogP contribution in [0.4, 0.5) is 37.1 Å². The Morgan fingerprint density at radius 2 is 1.76 bits per heavy atom. The number of aromatic amines is 1. The number of pyridine rings is 1. The fourth-order valence-corrected chi connectivity index (χ4v) is 3.79. The highest BCUT2D eigenvalue weighted by molar-refractivity contribution is 5.70. The lowest BCUT2D eigenvalue weighted by atomic mass is 10.1. The number of nitrogens with zero attached hydrogens (tertiary/aromatic N) is 4. The molecular weight excluding hydrogens is 472 g/mol. The van der Waals surface area contributed by atoms with Crippen molar-refractivity contribution in [2.24, 2.45) is 0 Å². The monoisotopic (exact) mass is 491 g/mol. The third-order valence-corrected chi connectivity index (χ3v) is 5.83. The molecule has 1 N–H and O–H groups in total. The number of carbonyl (C=O) groups excluding carboxylic acids is 1. The normalized spacial score (nSPS) is 20.3. The molecule has 2 fully saturated rings. The Morgan fingerprint density at radius 3 is 2.29 bits per heavy atom. The lowest BCUT2D eigenvalue weighted by Gasteiger charge is -2.39. The number of nitrogens with one attached hydrogen (secondary N) is 1. The minimum absolute atomic E-state index is 0.0530. The average molecular weight is 491 g/mol. The van der Waals surface area contributed by atoms with E-state index in [0.717, 1.165) is 6.20 Å². The molecule has 2 aromatic rings. The Hall–Kier alpha value is -3.32. The standard InChI is InChI=1S/C20H19F6N5O3/c1-11-10-30(16-28-8-13(9-29-16)19(21,22)23)4-5-31(11)17(33)34-18(2-3-18)12-6-14(20(24,25)26)15(32)27-7-12/h6-9,11H,2-5,10H2,1H3,(H,27,32). The second-order valence-corrected chi connectivity index (χ2v) is 8.25. The van der Waals surface area contributed by atoms with E-state index < -0.39 is 46.8 Å². The number of halogens is 6. The van der Waals surface area contributed by atoms with Gasteiger partial charge in [-0.25, -0.2) is 14.8 Å². The highest BCUT2D eigenvalue weighted by Gasteiger charge is 2.51. The zero-order chi connectivity index (χ0) is 24.9. The zero-order valence-electron chi connectivity index (χ0n) is 17.7. The van der Waals surface area contributed by atoms with E-state index >= 15 is 0 Å². The van der Waals surface area contributed by atoms with Gasteiger partial charge in [-0.05, 0) is 25.8 Å². The van der Waals surface area contributed by atoms with E-state index in [2.05, 4.69) is 9.97 Å². The van der Waals surface area contributed by atoms with Crippen LogP contribution < -0.4 is 10.5 Å². The van der Waals surface area contributed by atoms with E-state index in [1.807, 2.05) is 4.98 Å². The van der Waals surface area contributed by atoms with Gasteiger partial charge in [-0.3, -0.25) is 4.79 Å². The van der Waals surface area contributed by atoms with Crippen LogP contribution in [0.25, 0.3) is 0 Å². The molecule has 0 aromatic carbocycles. The third kappa shape index (κ3) is 4.66. The Labute approximate surface area is 188 Å². The number of amides is 1. The van der Waals surface area contributed by atoms with Crippen LogP contribution in [0, 0.1) is 0 Å². The van der Waals surface area contributed by atoms with Crippen molar-refractivity contribution in [3.63, 3.8) is 0 Å². The summed E-state index contributed by atoms with van der Waals surface area (Å²) in [5.74, 6) is 0.0828. The number of hydrogen-bond donors (Lipinski definition) is 1. The van der Waals surface area contributed by atoms with Crippen molar-refractivity contribution >= 4 is 12.0 Å². The molecule has 2 aliphatic rings. The van der Waals surface area contributed by atoms with Crippen LogP contribution >= 0.6 is 0 Å². The summed E-state index contributed by atoms with van der Waals surface area (Å²) in [7, 11) is 0. The van der Waals surface area contributed by atoms with Crippen LogP contribution in [-0.4, -0.2) is 51.6 Å². The fraction of sp³-hybridized carbons (Fsp3) is 0.500. The molecule has 1 aliphatic carbocycles. The van der Waals surface area contributed by atoms with Gasteiger partial charge in [-0.15, -0.1) is 0 Å². The first kappa shape index (κ1) is 23.8. The van der Waals surface area contributed by atoms with Crippen molar-refractivity contribution < 1.29 is 35.9 Å². The number of H-pyrrole nitrogens is 1. The Bertz CT molecular complexity index is 1130. The first-order valence-electron chi connectivity index (χ1n) is 10.2. The molecule has 184 valence electrons. The summed E-state index contributed by atoms with van der Waals surface area (Å²) in [5, 5.41) is 0. The molecule has 1 aliphatic heterocycles. The molecule has 3 heterocycles. The van der Waals surface area contributed by atoms with Gasteiger partial charge in [-0.1, -0.05) is 0 Å². The maximum Gasteiger partial charge on any atom is 0.421 e. The number of anilines is 1. The molecule has 1 unspecified atom stereocenters. The van der Waals surface area contributed by atoms with Gasteiger partial charge < -0.3 is 19.5 Å². The van der Waals surface area contributed by atoms with Gasteiger partial charge in [0.05, 0.1) is 5.56 Å². The van der Waals surface area contributed by atoms with Crippen molar-refractivity contribution in [2.75, 3.05) is 24.5 Å². The smallest absolute Gasteiger partial charge is 0.421 e. The highest BCUT2D eigenvalue weighted by Crippen LogP contribution is 2.50. The number of alkyl halides is 6. The molecule has 0 bridgehead atoms. The molecule has 0 spiro atoms. The van der Waals surface area contributed by atoms with Gasteiger partial charge in [-0.2, -0.15) is 26.3 Å². The highest BCUT2D eigenvalue weighted by atomic mass is 19.4. The van der Waals surface area contributed by atoms with Gasteiger partial charge >= 0.3 is 18.4 Å². The maximum atomic E-state index is 13.1. The quantitative estimate of drug-likeness (QED) is 0.661. The Balaban J connectivity index is 1.43. The third-order valence-electron chi connectivity index (χ3n) is 5.83. The molecule has 1 saturated carbocycles. The molecule has 1 amide bonds. The van der Waals surface area contributed by atoms with E-state index in [-0.39, 0.29) is 31.1 Å². The van der Waals surface area contributed by atoms with Gasteiger partial charge in [0.25, 0.3) is 5.56 Å². The van der Waals surface area contributed by atoms with Gasteiger partial charge in [0.15, 0.2) is 0 Å². The first-order valence-corrected chi connectivity index (χ1v) is 10.2. The number of rotatable bonds is 3. The molecule has 14 heteroatoms. The summed E-state index contributed by atoms with van der Waals surface area (Å²) in [6.45, 7) is 2.26. The van der Waals surface area contributed by atoms with Crippen LogP contribution in [0.1, 0.15) is 36.5 Å². The molecule has 0 radical (unpaired) electrons. The minimum atomic E-state index is -4.85. The fourth-order valence-electron chi connectivity index (χ4n) is 3.79. The van der Waals surface area contributed by atoms with Gasteiger partial charge in [0.2, 0.25) is 5.95 Å². The lowest BCUT2D eigenvalue weighted by Crippen LogP contribution is -2.55. The van der Waals surface area contributed by atoms with E-state index in [0.29, 0.717) is 31.3 Å². The molecule has 4 rings (SSSR count). The average Bonchev–Trinajstić information content (AvgIpc) is 3.53. The van der Waals surface area contributed by atoms with Crippen molar-refractivity contribution in [3.05, 3.63) is 51.7 Å². The molecule has 1 atom stereocenters. The van der Waals surface area contributed by atoms with Crippen molar-refractivity contribution in [1.82, 2.24) is 19.9 Å². The SMILES string of the molecule is CC1CN(c2ncc(C(F)(F)F)cn2)CCN1C(=O)OC1(c2c[nH]c(=O)c(C(F)(F)F)c2)CC1. The van der Waals surface area contributed by atoms with Crippen LogP contribution in [0.15, 0.2) is 29.5 Å². The second-order valence-electron chi connectivity index (χ2n) is 8.25. The van der Waals surface area contributed by atoms with Crippen molar-refractivity contribution in [3.8, 4) is 0 Å². The maximum absolute atomic E-state index is 13.1. The van der Waals surface area contributed by atoms with E-state index in [4.69, 9.17) is 4.74 Å². The summed E-state index contributed by atoms with van der Waals surface area (Å²) in [6.07, 6.45) is -7.06. The number of carbonyl (C=O) groups is 1. The number of piperazine rings is 1. The number of hydrogen-bond acceptors (Lipinski definition) is 6. The van der Waals surface area contributed by atoms with Gasteiger partial charge in [0, 0.05) is 49.8 Å². The minimum Gasteiger partial charge on any atom is -0.438 e. The Kier molecular flexibility index (Phi) is 5.72. The predicted molar refractivity (Wildman–Crippen MR) is 105 cm³/mol. The summed E-state index contributed by atoms with van der Waals surface area (Å²) < 4.78 is 83.0. The molecular formula is C20H19F6N5O3. The van der Waals surface area contributed by atoms with Crippen molar-refractivity contribution in [1.29, 1.82) is 0 Å².